The second kappa shape index (κ2) is 7.42. The summed E-state index contributed by atoms with van der Waals surface area (Å²) < 4.78 is 37.2. The highest BCUT2D eigenvalue weighted by Crippen LogP contribution is 2.29. The highest BCUT2D eigenvalue weighted by molar-refractivity contribution is 7.99. The van der Waals surface area contributed by atoms with Crippen LogP contribution in [-0.4, -0.2) is 16.6 Å². The summed E-state index contributed by atoms with van der Waals surface area (Å²) in [5.74, 6) is -0.363. The van der Waals surface area contributed by atoms with Crippen molar-refractivity contribution < 1.29 is 18.0 Å². The van der Waals surface area contributed by atoms with Gasteiger partial charge < -0.3 is 5.32 Å². The lowest BCUT2D eigenvalue weighted by atomic mass is 10.3. The van der Waals surface area contributed by atoms with Gasteiger partial charge in [0.2, 0.25) is 5.91 Å². The molecule has 2 rings (SSSR count). The van der Waals surface area contributed by atoms with Gasteiger partial charge in [-0.05, 0) is 30.3 Å². The van der Waals surface area contributed by atoms with Gasteiger partial charge in [0, 0.05) is 21.9 Å². The predicted octanol–water partition coefficient (Wildman–Crippen LogP) is 5.14. The van der Waals surface area contributed by atoms with E-state index < -0.39 is 11.7 Å². The van der Waals surface area contributed by atoms with E-state index in [2.05, 4.69) is 10.3 Å². The average molecular weight is 381 g/mol. The highest BCUT2D eigenvalue weighted by Gasteiger charge is 2.30. The minimum atomic E-state index is -4.43. The van der Waals surface area contributed by atoms with E-state index in [1.54, 1.807) is 0 Å². The van der Waals surface area contributed by atoms with Crippen molar-refractivity contribution in [1.29, 1.82) is 0 Å². The molecule has 1 aromatic carbocycles. The summed E-state index contributed by atoms with van der Waals surface area (Å²) in [6.07, 6.45) is -3.70. The third-order valence-electron chi connectivity index (χ3n) is 2.56. The van der Waals surface area contributed by atoms with Crippen LogP contribution in [0.1, 0.15) is 5.56 Å². The predicted molar refractivity (Wildman–Crippen MR) is 85.1 cm³/mol. The van der Waals surface area contributed by atoms with Crippen molar-refractivity contribution in [3.05, 3.63) is 52.1 Å². The summed E-state index contributed by atoms with van der Waals surface area (Å²) in [7, 11) is 0. The van der Waals surface area contributed by atoms with Gasteiger partial charge in [-0.2, -0.15) is 13.2 Å². The van der Waals surface area contributed by atoms with Crippen LogP contribution in [0.25, 0.3) is 0 Å². The zero-order chi connectivity index (χ0) is 17.0. The molecule has 1 amide bonds. The molecule has 1 heterocycles. The number of alkyl halides is 3. The standard InChI is InChI=1S/C14H9Cl2F3N2OS/c15-9-3-10(16)5-11(4-9)21-12(22)7-23-13-2-1-8(6-20-13)14(17,18)19/h1-6H,7H2,(H,21,22). The van der Waals surface area contributed by atoms with Gasteiger partial charge in [-0.15, -0.1) is 0 Å². The van der Waals surface area contributed by atoms with Crippen LogP contribution < -0.4 is 5.32 Å². The molecule has 0 bridgehead atoms. The lowest BCUT2D eigenvalue weighted by Gasteiger charge is -2.08. The lowest BCUT2D eigenvalue weighted by Crippen LogP contribution is -2.14. The smallest absolute Gasteiger partial charge is 0.325 e. The van der Waals surface area contributed by atoms with Crippen LogP contribution in [0.3, 0.4) is 0 Å². The summed E-state index contributed by atoms with van der Waals surface area (Å²) in [6.45, 7) is 0. The fraction of sp³-hybridized carbons (Fsp3) is 0.143. The number of aromatic nitrogens is 1. The van der Waals surface area contributed by atoms with Gasteiger partial charge in [0.25, 0.3) is 0 Å². The molecular weight excluding hydrogens is 372 g/mol. The van der Waals surface area contributed by atoms with Crippen LogP contribution in [0.5, 0.6) is 0 Å². The Bertz CT molecular complexity index is 688. The molecule has 0 spiro atoms. The van der Waals surface area contributed by atoms with Gasteiger partial charge in [-0.25, -0.2) is 4.98 Å². The highest BCUT2D eigenvalue weighted by atomic mass is 35.5. The summed E-state index contributed by atoms with van der Waals surface area (Å²) in [6, 6.07) is 6.74. The van der Waals surface area contributed by atoms with E-state index in [-0.39, 0.29) is 11.7 Å². The van der Waals surface area contributed by atoms with E-state index in [4.69, 9.17) is 23.2 Å². The Morgan fingerprint density at radius 3 is 2.35 bits per heavy atom. The van der Waals surface area contributed by atoms with Gasteiger partial charge in [-0.1, -0.05) is 35.0 Å². The first-order valence-electron chi connectivity index (χ1n) is 6.16. The zero-order valence-electron chi connectivity index (χ0n) is 11.3. The molecule has 23 heavy (non-hydrogen) atoms. The minimum Gasteiger partial charge on any atom is -0.325 e. The Labute approximate surface area is 144 Å². The van der Waals surface area contributed by atoms with Crippen LogP contribution in [0.15, 0.2) is 41.6 Å². The molecule has 0 unspecified atom stereocenters. The molecule has 0 aliphatic heterocycles. The first-order chi connectivity index (χ1) is 10.7. The molecular formula is C14H9Cl2F3N2OS. The summed E-state index contributed by atoms with van der Waals surface area (Å²) >= 11 is 12.6. The second-order valence-corrected chi connectivity index (χ2v) is 6.25. The van der Waals surface area contributed by atoms with Crippen molar-refractivity contribution in [1.82, 2.24) is 4.98 Å². The number of thioether (sulfide) groups is 1. The van der Waals surface area contributed by atoms with Crippen LogP contribution in [-0.2, 0) is 11.0 Å². The number of carbonyl (C=O) groups excluding carboxylic acids is 1. The number of carbonyl (C=O) groups is 1. The zero-order valence-corrected chi connectivity index (χ0v) is 13.7. The van der Waals surface area contributed by atoms with Gasteiger partial charge >= 0.3 is 6.18 Å². The number of benzene rings is 1. The van der Waals surface area contributed by atoms with E-state index in [1.807, 2.05) is 0 Å². The van der Waals surface area contributed by atoms with Gasteiger partial charge in [0.15, 0.2) is 0 Å². The molecule has 3 nitrogen and oxygen atoms in total. The van der Waals surface area contributed by atoms with E-state index in [0.29, 0.717) is 20.8 Å². The van der Waals surface area contributed by atoms with E-state index in [0.717, 1.165) is 24.0 Å². The first kappa shape index (κ1) is 17.9. The number of nitrogens with one attached hydrogen (secondary N) is 1. The monoisotopic (exact) mass is 380 g/mol. The lowest BCUT2D eigenvalue weighted by molar-refractivity contribution is -0.137. The minimum absolute atomic E-state index is 0.0114. The van der Waals surface area contributed by atoms with Crippen LogP contribution in [0.4, 0.5) is 18.9 Å². The van der Waals surface area contributed by atoms with Gasteiger partial charge in [0.1, 0.15) is 0 Å². The molecule has 0 atom stereocenters. The van der Waals surface area contributed by atoms with E-state index >= 15 is 0 Å². The molecule has 0 aliphatic rings. The molecule has 0 aliphatic carbocycles. The van der Waals surface area contributed by atoms with Crippen molar-refractivity contribution in [2.24, 2.45) is 0 Å². The molecule has 1 N–H and O–H groups in total. The summed E-state index contributed by atoms with van der Waals surface area (Å²) in [5.41, 5.74) is -0.395. The number of amides is 1. The fourth-order valence-corrected chi connectivity index (χ4v) is 2.76. The molecule has 9 heteroatoms. The number of hydrogen-bond acceptors (Lipinski definition) is 3. The van der Waals surface area contributed by atoms with Crippen LogP contribution in [0, 0.1) is 0 Å². The Hall–Kier alpha value is -1.44. The van der Waals surface area contributed by atoms with Crippen molar-refractivity contribution in [2.75, 3.05) is 11.1 Å². The molecule has 0 saturated carbocycles. The largest absolute Gasteiger partial charge is 0.417 e. The molecule has 0 saturated heterocycles. The first-order valence-corrected chi connectivity index (χ1v) is 7.90. The van der Waals surface area contributed by atoms with Crippen LogP contribution in [0.2, 0.25) is 10.0 Å². The number of halogens is 5. The maximum Gasteiger partial charge on any atom is 0.417 e. The number of nitrogens with zero attached hydrogens (tertiary/aromatic N) is 1. The summed E-state index contributed by atoms with van der Waals surface area (Å²) in [5, 5.41) is 3.67. The van der Waals surface area contributed by atoms with Crippen molar-refractivity contribution in [3.63, 3.8) is 0 Å². The third kappa shape index (κ3) is 5.60. The van der Waals surface area contributed by atoms with E-state index in [9.17, 15) is 18.0 Å². The fourth-order valence-electron chi connectivity index (χ4n) is 1.60. The Morgan fingerprint density at radius 2 is 1.83 bits per heavy atom. The van der Waals surface area contributed by atoms with Gasteiger partial charge in [0.05, 0.1) is 16.3 Å². The molecule has 2 aromatic rings. The topological polar surface area (TPSA) is 42.0 Å². The third-order valence-corrected chi connectivity index (χ3v) is 3.94. The van der Waals surface area contributed by atoms with E-state index in [1.165, 1.54) is 24.3 Å². The maximum absolute atomic E-state index is 12.4. The second-order valence-electron chi connectivity index (χ2n) is 4.38. The Morgan fingerprint density at radius 1 is 1.17 bits per heavy atom. The maximum atomic E-state index is 12.4. The molecule has 0 radical (unpaired) electrons. The van der Waals surface area contributed by atoms with Crippen molar-refractivity contribution in [2.45, 2.75) is 11.2 Å². The molecule has 1 aromatic heterocycles. The quantitative estimate of drug-likeness (QED) is 0.746. The molecule has 0 fully saturated rings. The number of rotatable bonds is 4. The normalized spacial score (nSPS) is 11.3. The Balaban J connectivity index is 1.91. The average Bonchev–Trinajstić information content (AvgIpc) is 2.43. The van der Waals surface area contributed by atoms with Gasteiger partial charge in [-0.3, -0.25) is 4.79 Å². The Kier molecular flexibility index (Phi) is 5.78. The SMILES string of the molecule is O=C(CSc1ccc(C(F)(F)F)cn1)Nc1cc(Cl)cc(Cl)c1. The van der Waals surface area contributed by atoms with Crippen LogP contribution >= 0.6 is 35.0 Å². The molecule has 122 valence electrons. The summed E-state index contributed by atoms with van der Waals surface area (Å²) in [4.78, 5) is 15.5. The van der Waals surface area contributed by atoms with Crippen molar-refractivity contribution in [3.8, 4) is 0 Å². The van der Waals surface area contributed by atoms with Crippen molar-refractivity contribution >= 4 is 46.6 Å². The number of pyridine rings is 1. The number of hydrogen-bond donors (Lipinski definition) is 1. The number of anilines is 1.